The molecule has 0 unspecified atom stereocenters. The van der Waals surface area contributed by atoms with Crippen molar-refractivity contribution in [3.63, 3.8) is 0 Å². The minimum Gasteiger partial charge on any atom is -1.00 e. The van der Waals surface area contributed by atoms with Gasteiger partial charge in [-0.15, -0.1) is 0 Å². The summed E-state index contributed by atoms with van der Waals surface area (Å²) in [6.07, 6.45) is 2.22. The summed E-state index contributed by atoms with van der Waals surface area (Å²) >= 11 is 18.7. The zero-order valence-electron chi connectivity index (χ0n) is 17.3. The van der Waals surface area contributed by atoms with E-state index >= 15 is 0 Å². The first-order valence-electron chi connectivity index (χ1n) is 10.0. The number of halogens is 4. The van der Waals surface area contributed by atoms with E-state index in [0.29, 0.717) is 31.1 Å². The smallest absolute Gasteiger partial charge is 0.312 e. The Bertz CT molecular complexity index is 993. The molecule has 1 amide bonds. The van der Waals surface area contributed by atoms with Crippen molar-refractivity contribution in [2.45, 2.75) is 25.8 Å². The quantitative estimate of drug-likeness (QED) is 0.438. The van der Waals surface area contributed by atoms with Gasteiger partial charge in [0.15, 0.2) is 0 Å². The normalized spacial score (nSPS) is 22.1. The molecular formula is C22H24Cl3IN4O. The van der Waals surface area contributed by atoms with Gasteiger partial charge in [0.25, 0.3) is 0 Å². The van der Waals surface area contributed by atoms with Crippen molar-refractivity contribution >= 4 is 52.1 Å². The molecule has 2 atom stereocenters. The van der Waals surface area contributed by atoms with Gasteiger partial charge in [-0.05, 0) is 35.9 Å². The van der Waals surface area contributed by atoms with Gasteiger partial charge in [0, 0.05) is 28.8 Å². The number of rotatable bonds is 4. The molecule has 2 aromatic carbocycles. The van der Waals surface area contributed by atoms with Gasteiger partial charge in [-0.3, -0.25) is 9.80 Å². The van der Waals surface area contributed by atoms with E-state index in [9.17, 15) is 4.79 Å². The van der Waals surface area contributed by atoms with Crippen molar-refractivity contribution in [1.82, 2.24) is 5.43 Å². The zero-order chi connectivity index (χ0) is 21.5. The van der Waals surface area contributed by atoms with E-state index in [1.54, 1.807) is 12.1 Å². The topological polar surface area (TPSA) is 44.7 Å². The molecule has 5 nitrogen and oxygen atoms in total. The predicted octanol–water partition coefficient (Wildman–Crippen LogP) is 2.48. The summed E-state index contributed by atoms with van der Waals surface area (Å²) in [6.45, 7) is 3.88. The third-order valence-corrected chi connectivity index (χ3v) is 6.70. The number of hydrogen-bond acceptors (Lipinski definition) is 3. The molecular weight excluding hydrogens is 570 g/mol. The summed E-state index contributed by atoms with van der Waals surface area (Å²) in [5.41, 5.74) is 5.37. The molecule has 0 radical (unpaired) electrons. The fourth-order valence-corrected chi connectivity index (χ4v) is 4.91. The lowest BCUT2D eigenvalue weighted by Crippen LogP contribution is -3.00. The van der Waals surface area contributed by atoms with Crippen LogP contribution in [0.3, 0.4) is 0 Å². The molecule has 1 saturated heterocycles. The largest absolute Gasteiger partial charge is 1.00 e. The van der Waals surface area contributed by atoms with Crippen molar-refractivity contribution in [3.05, 3.63) is 63.1 Å². The highest BCUT2D eigenvalue weighted by molar-refractivity contribution is 6.40. The van der Waals surface area contributed by atoms with Crippen LogP contribution in [0, 0.1) is 5.92 Å². The molecule has 2 heterocycles. The molecule has 0 saturated carbocycles. The summed E-state index contributed by atoms with van der Waals surface area (Å²) in [6, 6.07) is 12.7. The van der Waals surface area contributed by atoms with E-state index < -0.39 is 0 Å². The van der Waals surface area contributed by atoms with E-state index in [0.717, 1.165) is 31.5 Å². The monoisotopic (exact) mass is 592 g/mol. The van der Waals surface area contributed by atoms with Crippen molar-refractivity contribution in [1.29, 1.82) is 0 Å². The van der Waals surface area contributed by atoms with E-state index in [1.165, 1.54) is 0 Å². The summed E-state index contributed by atoms with van der Waals surface area (Å²) in [7, 11) is 2.05. The van der Waals surface area contributed by atoms with Gasteiger partial charge in [-0.1, -0.05) is 53.9 Å². The van der Waals surface area contributed by atoms with Gasteiger partial charge in [-0.25, -0.2) is 4.59 Å². The van der Waals surface area contributed by atoms with E-state index in [2.05, 4.69) is 12.5 Å². The molecule has 0 bridgehead atoms. The highest BCUT2D eigenvalue weighted by Crippen LogP contribution is 2.42. The van der Waals surface area contributed by atoms with Crippen LogP contribution in [0.4, 0.5) is 5.69 Å². The van der Waals surface area contributed by atoms with Crippen LogP contribution in [-0.2, 0) is 4.79 Å². The Labute approximate surface area is 214 Å². The van der Waals surface area contributed by atoms with E-state index in [-0.39, 0.29) is 41.8 Å². The van der Waals surface area contributed by atoms with Crippen LogP contribution in [0.5, 0.6) is 0 Å². The lowest BCUT2D eigenvalue weighted by Gasteiger charge is -2.29. The average Bonchev–Trinajstić information content (AvgIpc) is 3.26. The second kappa shape index (κ2) is 9.83. The van der Waals surface area contributed by atoms with Gasteiger partial charge < -0.3 is 24.0 Å². The summed E-state index contributed by atoms with van der Waals surface area (Å²) in [5.74, 6) is -0.287. The van der Waals surface area contributed by atoms with Crippen LogP contribution in [0.25, 0.3) is 0 Å². The first-order chi connectivity index (χ1) is 14.3. The number of quaternary nitrogens is 1. The van der Waals surface area contributed by atoms with Crippen molar-refractivity contribution in [2.24, 2.45) is 11.0 Å². The number of benzene rings is 2. The molecule has 4 rings (SSSR count). The molecule has 0 spiro atoms. The number of nitrogens with one attached hydrogen (secondary N) is 1. The van der Waals surface area contributed by atoms with Crippen molar-refractivity contribution in [2.75, 3.05) is 25.1 Å². The van der Waals surface area contributed by atoms with Crippen molar-refractivity contribution < 1.29 is 33.4 Å². The molecule has 0 aromatic heterocycles. The minimum absolute atomic E-state index is 0. The second-order valence-electron chi connectivity index (χ2n) is 8.20. The zero-order valence-corrected chi connectivity index (χ0v) is 21.7. The van der Waals surface area contributed by atoms with Gasteiger partial charge in [0.05, 0.1) is 23.8 Å². The van der Waals surface area contributed by atoms with Crippen LogP contribution < -0.4 is 34.4 Å². The molecule has 1 N–H and O–H groups in total. The van der Waals surface area contributed by atoms with Gasteiger partial charge >= 0.3 is 5.91 Å². The number of carbonyl (C=O) groups excluding carboxylic acids is 1. The molecule has 2 aliphatic rings. The lowest BCUT2D eigenvalue weighted by atomic mass is 9.91. The molecule has 9 heteroatoms. The Hall–Kier alpha value is -1.06. The van der Waals surface area contributed by atoms with E-state index in [1.807, 2.05) is 42.3 Å². The summed E-state index contributed by atoms with van der Waals surface area (Å²) in [5, 5.41) is 8.27. The molecule has 166 valence electrons. The predicted molar refractivity (Wildman–Crippen MR) is 123 cm³/mol. The highest BCUT2D eigenvalue weighted by atomic mass is 127. The molecule has 0 aliphatic carbocycles. The Kier molecular flexibility index (Phi) is 7.79. The third kappa shape index (κ3) is 5.14. The fraction of sp³-hybridized carbons (Fsp3) is 0.364. The summed E-state index contributed by atoms with van der Waals surface area (Å²) in [4.78, 5) is 13.2. The van der Waals surface area contributed by atoms with Gasteiger partial charge in [-0.2, -0.15) is 10.5 Å². The van der Waals surface area contributed by atoms with Crippen LogP contribution >= 0.6 is 34.8 Å². The van der Waals surface area contributed by atoms with E-state index in [4.69, 9.17) is 39.9 Å². The van der Waals surface area contributed by atoms with Crippen molar-refractivity contribution in [3.8, 4) is 0 Å². The number of hydrazone groups is 1. The first-order valence-corrected chi connectivity index (χ1v) is 11.2. The SMILES string of the molecule is C[C@H]1C(C(=O)N[N+]2(C)CCCC2)=NN(c2ccc(Cl)cc2Cl)[C@H]1c1ccc(Cl)cc1.[I-]. The Balaban J connectivity index is 0.00000272. The standard InChI is InChI=1S/C22H23Cl3N4O.HI/c1-14-20(22(30)27-29(2)11-3-4-12-29)26-28(19-10-9-17(24)13-18(19)25)21(14)15-5-7-16(23)8-6-15;/h5-10,13-14,21H,3-4,11-12H2,1-2H3;1H/t14-,21+;/m0./s1. The maximum Gasteiger partial charge on any atom is 0.312 e. The van der Waals surface area contributed by atoms with Crippen LogP contribution in [-0.4, -0.2) is 36.3 Å². The number of carbonyl (C=O) groups is 1. The van der Waals surface area contributed by atoms with Gasteiger partial charge in [0.1, 0.15) is 18.8 Å². The van der Waals surface area contributed by atoms with Crippen LogP contribution in [0.1, 0.15) is 31.4 Å². The molecule has 31 heavy (non-hydrogen) atoms. The van der Waals surface area contributed by atoms with Gasteiger partial charge in [0.2, 0.25) is 0 Å². The molecule has 1 fully saturated rings. The number of hydrogen-bond donors (Lipinski definition) is 1. The second-order valence-corrected chi connectivity index (χ2v) is 9.48. The fourth-order valence-electron chi connectivity index (χ4n) is 4.29. The number of likely N-dealkylation sites (tertiary alicyclic amines) is 1. The number of anilines is 1. The maximum absolute atomic E-state index is 13.2. The lowest BCUT2D eigenvalue weighted by molar-refractivity contribution is -0.931. The van der Waals surface area contributed by atoms with Crippen LogP contribution in [0.2, 0.25) is 15.1 Å². The average molecular weight is 594 g/mol. The Morgan fingerprint density at radius 1 is 1.06 bits per heavy atom. The number of nitrogens with zero attached hydrogens (tertiary/aromatic N) is 3. The molecule has 2 aliphatic heterocycles. The third-order valence-electron chi connectivity index (χ3n) is 5.91. The Morgan fingerprint density at radius 2 is 1.68 bits per heavy atom. The number of amides is 1. The van der Waals surface area contributed by atoms with Crippen LogP contribution in [0.15, 0.2) is 47.6 Å². The first kappa shape index (κ1) is 24.6. The maximum atomic E-state index is 13.2. The highest BCUT2D eigenvalue weighted by Gasteiger charge is 2.42. The summed E-state index contributed by atoms with van der Waals surface area (Å²) < 4.78 is 0.540. The Morgan fingerprint density at radius 3 is 2.29 bits per heavy atom. The molecule has 2 aromatic rings. The minimum atomic E-state index is -0.189.